The molecule has 0 N–H and O–H groups in total. The number of hydrogen-bond acceptors (Lipinski definition) is 2. The number of rotatable bonds is 2. The molecule has 0 aliphatic rings. The summed E-state index contributed by atoms with van der Waals surface area (Å²) < 4.78 is 39.3. The maximum Gasteiger partial charge on any atom is 0.212 e. The highest BCUT2D eigenvalue weighted by Gasteiger charge is 2.16. The van der Waals surface area contributed by atoms with Crippen LogP contribution in [0.3, 0.4) is 0 Å². The molecule has 3 heterocycles. The summed E-state index contributed by atoms with van der Waals surface area (Å²) in [6, 6.07) is 11.7. The SMILES string of the molecule is [2H]C([2H])([2H])C([2H])(C)c1cc2oc3cc(-c4cccc[n+]4C)c(C)cc3c2cn1. The van der Waals surface area contributed by atoms with E-state index in [4.69, 9.17) is 9.90 Å². The van der Waals surface area contributed by atoms with E-state index >= 15 is 0 Å². The van der Waals surface area contributed by atoms with Crippen LogP contribution < -0.4 is 4.57 Å². The highest BCUT2D eigenvalue weighted by atomic mass is 16.3. The molecule has 0 amide bonds. The van der Waals surface area contributed by atoms with E-state index in [1.165, 1.54) is 6.92 Å². The third kappa shape index (κ3) is 2.28. The fourth-order valence-corrected chi connectivity index (χ4v) is 3.11. The maximum atomic E-state index is 8.26. The molecule has 0 aliphatic carbocycles. The molecule has 3 nitrogen and oxygen atoms in total. The Kier molecular flexibility index (Phi) is 2.49. The molecule has 24 heavy (non-hydrogen) atoms. The van der Waals surface area contributed by atoms with Crippen LogP contribution in [0.2, 0.25) is 0 Å². The first-order chi connectivity index (χ1) is 13.1. The van der Waals surface area contributed by atoms with Gasteiger partial charge >= 0.3 is 0 Å². The van der Waals surface area contributed by atoms with Crippen LogP contribution in [-0.4, -0.2) is 4.98 Å². The molecule has 1 unspecified atom stereocenters. The molecule has 0 saturated heterocycles. The third-order valence-corrected chi connectivity index (χ3v) is 4.42. The number of pyridine rings is 2. The standard InChI is InChI=1S/C21H21N2O/c1-13(2)18-11-21-17(12-22-18)16-9-14(3)15(10-20(16)24-21)19-7-5-6-8-23(19)4/h5-13H,1-4H3/q+1/i1D3,13D. The molecular formula is C21H21N2O+. The lowest BCUT2D eigenvalue weighted by Gasteiger charge is -2.04. The number of furan rings is 1. The van der Waals surface area contributed by atoms with E-state index < -0.39 is 12.7 Å². The summed E-state index contributed by atoms with van der Waals surface area (Å²) in [5, 5.41) is 1.74. The molecule has 0 radical (unpaired) electrons. The van der Waals surface area contributed by atoms with Gasteiger partial charge in [-0.2, -0.15) is 0 Å². The lowest BCUT2D eigenvalue weighted by atomic mass is 10.0. The fraction of sp³-hybridized carbons (Fsp3) is 0.238. The second-order valence-corrected chi connectivity index (χ2v) is 6.15. The highest BCUT2D eigenvalue weighted by molar-refractivity contribution is 6.06. The molecule has 120 valence electrons. The zero-order chi connectivity index (χ0) is 20.3. The average molecular weight is 321 g/mol. The Morgan fingerprint density at radius 3 is 2.83 bits per heavy atom. The van der Waals surface area contributed by atoms with Crippen molar-refractivity contribution < 1.29 is 14.5 Å². The molecule has 0 aliphatic heterocycles. The Morgan fingerprint density at radius 2 is 2.04 bits per heavy atom. The number of aryl methyl sites for hydroxylation is 2. The summed E-state index contributed by atoms with van der Waals surface area (Å²) in [6.07, 6.45) is 3.61. The molecular weight excluding hydrogens is 296 g/mol. The highest BCUT2D eigenvalue weighted by Crippen LogP contribution is 2.34. The Hall–Kier alpha value is -2.68. The van der Waals surface area contributed by atoms with Crippen molar-refractivity contribution >= 4 is 21.9 Å². The Labute approximate surface area is 147 Å². The zero-order valence-corrected chi connectivity index (χ0v) is 13.9. The fourth-order valence-electron chi connectivity index (χ4n) is 3.11. The van der Waals surface area contributed by atoms with Gasteiger partial charge in [-0.15, -0.1) is 0 Å². The van der Waals surface area contributed by atoms with Crippen LogP contribution in [0.5, 0.6) is 0 Å². The molecule has 0 bridgehead atoms. The lowest BCUT2D eigenvalue weighted by Crippen LogP contribution is -2.30. The third-order valence-electron chi connectivity index (χ3n) is 4.42. The first-order valence-electron chi connectivity index (χ1n) is 9.88. The number of benzene rings is 1. The molecule has 1 aromatic carbocycles. The van der Waals surface area contributed by atoms with Gasteiger partial charge < -0.3 is 4.42 Å². The average Bonchev–Trinajstić information content (AvgIpc) is 2.97. The van der Waals surface area contributed by atoms with Gasteiger partial charge in [0.1, 0.15) is 18.2 Å². The van der Waals surface area contributed by atoms with E-state index in [2.05, 4.69) is 28.6 Å². The molecule has 3 aromatic heterocycles. The van der Waals surface area contributed by atoms with Gasteiger partial charge in [0.2, 0.25) is 5.69 Å². The lowest BCUT2D eigenvalue weighted by molar-refractivity contribution is -0.660. The zero-order valence-electron chi connectivity index (χ0n) is 17.9. The second kappa shape index (κ2) is 5.45. The molecule has 4 aromatic rings. The van der Waals surface area contributed by atoms with E-state index in [-0.39, 0.29) is 5.69 Å². The predicted octanol–water partition coefficient (Wildman–Crippen LogP) is 4.90. The van der Waals surface area contributed by atoms with Gasteiger partial charge in [0.05, 0.1) is 5.56 Å². The van der Waals surface area contributed by atoms with E-state index in [1.54, 1.807) is 12.3 Å². The largest absolute Gasteiger partial charge is 0.456 e. The van der Waals surface area contributed by atoms with Crippen LogP contribution in [0.4, 0.5) is 0 Å². The topological polar surface area (TPSA) is 29.9 Å². The van der Waals surface area contributed by atoms with Crippen LogP contribution in [0, 0.1) is 6.92 Å². The number of hydrogen-bond donors (Lipinski definition) is 0. The summed E-state index contributed by atoms with van der Waals surface area (Å²) in [6.45, 7) is 0.928. The van der Waals surface area contributed by atoms with Gasteiger partial charge in [-0.1, -0.05) is 13.8 Å². The van der Waals surface area contributed by atoms with Crippen LogP contribution in [0.15, 0.2) is 53.2 Å². The summed E-state index contributed by atoms with van der Waals surface area (Å²) in [4.78, 5) is 4.28. The van der Waals surface area contributed by atoms with Gasteiger partial charge in [-0.25, -0.2) is 4.57 Å². The minimum atomic E-state index is -2.48. The monoisotopic (exact) mass is 321 g/mol. The molecule has 4 rings (SSSR count). The molecule has 0 saturated carbocycles. The minimum Gasteiger partial charge on any atom is -0.456 e. The molecule has 0 fully saturated rings. The Balaban J connectivity index is 1.92. The van der Waals surface area contributed by atoms with Crippen molar-refractivity contribution in [1.82, 2.24) is 4.98 Å². The van der Waals surface area contributed by atoms with Gasteiger partial charge in [0.25, 0.3) is 0 Å². The Morgan fingerprint density at radius 1 is 1.21 bits per heavy atom. The van der Waals surface area contributed by atoms with Crippen molar-refractivity contribution in [2.45, 2.75) is 26.6 Å². The van der Waals surface area contributed by atoms with Gasteiger partial charge in [0, 0.05) is 46.3 Å². The van der Waals surface area contributed by atoms with E-state index in [9.17, 15) is 0 Å². The number of nitrogens with zero attached hydrogens (tertiary/aromatic N) is 2. The van der Waals surface area contributed by atoms with Crippen LogP contribution >= 0.6 is 0 Å². The van der Waals surface area contributed by atoms with Crippen LogP contribution in [0.25, 0.3) is 33.2 Å². The minimum absolute atomic E-state index is 0.172. The molecule has 0 spiro atoms. The summed E-state index contributed by atoms with van der Waals surface area (Å²) in [7, 11) is 2.00. The van der Waals surface area contributed by atoms with E-state index in [0.717, 1.165) is 27.6 Å². The normalized spacial score (nSPS) is 17.1. The second-order valence-electron chi connectivity index (χ2n) is 6.15. The summed E-state index contributed by atoms with van der Waals surface area (Å²) in [5.74, 6) is -1.81. The quantitative estimate of drug-likeness (QED) is 0.491. The summed E-state index contributed by atoms with van der Waals surface area (Å²) in [5.41, 5.74) is 4.66. The Bertz CT molecular complexity index is 1210. The predicted molar refractivity (Wildman–Crippen MR) is 97.0 cm³/mol. The molecule has 1 atom stereocenters. The van der Waals surface area contributed by atoms with Crippen molar-refractivity contribution in [3.8, 4) is 11.3 Å². The van der Waals surface area contributed by atoms with Crippen molar-refractivity contribution in [2.24, 2.45) is 7.05 Å². The first-order valence-corrected chi connectivity index (χ1v) is 7.88. The summed E-state index contributed by atoms with van der Waals surface area (Å²) >= 11 is 0. The van der Waals surface area contributed by atoms with Crippen LogP contribution in [-0.2, 0) is 7.05 Å². The maximum absolute atomic E-state index is 8.26. The van der Waals surface area contributed by atoms with Crippen molar-refractivity contribution in [2.75, 3.05) is 0 Å². The van der Waals surface area contributed by atoms with Crippen molar-refractivity contribution in [3.05, 3.63) is 60.0 Å². The van der Waals surface area contributed by atoms with Gasteiger partial charge in [-0.05, 0) is 36.6 Å². The van der Waals surface area contributed by atoms with Crippen LogP contribution in [0.1, 0.15) is 36.4 Å². The number of fused-ring (bicyclic) bond motifs is 3. The van der Waals surface area contributed by atoms with Crippen molar-refractivity contribution in [3.63, 3.8) is 0 Å². The van der Waals surface area contributed by atoms with Gasteiger partial charge in [0.15, 0.2) is 6.20 Å². The smallest absolute Gasteiger partial charge is 0.212 e. The number of aromatic nitrogens is 2. The first kappa shape index (κ1) is 11.0. The van der Waals surface area contributed by atoms with Crippen molar-refractivity contribution in [1.29, 1.82) is 0 Å². The molecule has 3 heteroatoms. The van der Waals surface area contributed by atoms with E-state index in [0.29, 0.717) is 11.2 Å². The van der Waals surface area contributed by atoms with Gasteiger partial charge in [-0.3, -0.25) is 4.98 Å². The van der Waals surface area contributed by atoms with E-state index in [1.807, 2.05) is 31.4 Å².